The van der Waals surface area contributed by atoms with Gasteiger partial charge in [0.15, 0.2) is 0 Å². The van der Waals surface area contributed by atoms with Crippen molar-refractivity contribution in [1.29, 1.82) is 0 Å². The fraction of sp³-hybridized carbons (Fsp3) is 0.681. The van der Waals surface area contributed by atoms with E-state index in [9.17, 15) is 0 Å². The third kappa shape index (κ3) is 19.0. The van der Waals surface area contributed by atoms with Crippen molar-refractivity contribution in [3.05, 3.63) is 54.5 Å². The molecule has 0 radical (unpaired) electrons. The maximum atomic E-state index is 6.52. The number of methoxy groups -OCH3 is 1. The van der Waals surface area contributed by atoms with Crippen molar-refractivity contribution in [3.8, 4) is 22.8 Å². The van der Waals surface area contributed by atoms with Crippen LogP contribution in [0.2, 0.25) is 5.02 Å². The molecule has 378 valence electrons. The van der Waals surface area contributed by atoms with Crippen molar-refractivity contribution in [3.63, 3.8) is 0 Å². The largest absolute Gasteiger partial charge is 0.487 e. The predicted molar refractivity (Wildman–Crippen MR) is 254 cm³/mol. The van der Waals surface area contributed by atoms with E-state index in [1.807, 2.05) is 36.0 Å². The molecule has 1 saturated heterocycles. The Hall–Kier alpha value is -4.06. The lowest BCUT2D eigenvalue weighted by molar-refractivity contribution is -0.0852. The van der Waals surface area contributed by atoms with Crippen LogP contribution in [0, 0.1) is 0 Å². The molecule has 2 fully saturated rings. The van der Waals surface area contributed by atoms with Crippen LogP contribution in [0.1, 0.15) is 52.5 Å². The molecule has 3 aromatic heterocycles. The van der Waals surface area contributed by atoms with E-state index < -0.39 is 0 Å². The normalized spacial score (nSPS) is 19.3. The Bertz CT molecular complexity index is 1930. The SMILES string of the molecule is COCCOCCOCCOCCOCCOCCOCCOCCOc1nn([C@H]2CC[C@H](N3C[C@@H](C)O[C@@H](C)C3)CC2)cc1Nc1ncc(-c2ccc(Cl)c(O[C@@H](C)Cn3cncn3)c2)cn1. The Morgan fingerprint density at radius 2 is 1.26 bits per heavy atom. The van der Waals surface area contributed by atoms with Gasteiger partial charge in [0.2, 0.25) is 5.95 Å². The number of nitrogens with zero attached hydrogens (tertiary/aromatic N) is 8. The third-order valence-corrected chi connectivity index (χ3v) is 11.5. The summed E-state index contributed by atoms with van der Waals surface area (Å²) in [6, 6.07) is 6.41. The molecular formula is C47H72ClN9O11. The molecule has 0 amide bonds. The highest BCUT2D eigenvalue weighted by atomic mass is 35.5. The number of hydrogen-bond donors (Lipinski definition) is 1. The molecule has 21 heteroatoms. The van der Waals surface area contributed by atoms with E-state index >= 15 is 0 Å². The number of anilines is 2. The fourth-order valence-electron chi connectivity index (χ4n) is 8.00. The highest BCUT2D eigenvalue weighted by molar-refractivity contribution is 6.32. The van der Waals surface area contributed by atoms with Gasteiger partial charge < -0.3 is 57.4 Å². The maximum Gasteiger partial charge on any atom is 0.257 e. The Kier molecular flexibility index (Phi) is 23.9. The molecule has 1 aliphatic heterocycles. The van der Waals surface area contributed by atoms with Gasteiger partial charge in [-0.15, -0.1) is 5.10 Å². The average molecular weight is 975 g/mol. The summed E-state index contributed by atoms with van der Waals surface area (Å²) in [7, 11) is 1.65. The summed E-state index contributed by atoms with van der Waals surface area (Å²) in [4.78, 5) is 15.9. The van der Waals surface area contributed by atoms with Crippen LogP contribution in [0.5, 0.6) is 11.6 Å². The van der Waals surface area contributed by atoms with E-state index in [4.69, 9.17) is 68.8 Å². The van der Waals surface area contributed by atoms with E-state index in [-0.39, 0.29) is 24.4 Å². The third-order valence-electron chi connectivity index (χ3n) is 11.2. The second-order valence-electron chi connectivity index (χ2n) is 16.7. The molecule has 1 N–H and O–H groups in total. The molecule has 6 rings (SSSR count). The Morgan fingerprint density at radius 1 is 0.721 bits per heavy atom. The number of rotatable bonds is 34. The second kappa shape index (κ2) is 30.5. The molecule has 20 nitrogen and oxygen atoms in total. The average Bonchev–Trinajstić information content (AvgIpc) is 4.01. The highest BCUT2D eigenvalue weighted by Gasteiger charge is 2.32. The summed E-state index contributed by atoms with van der Waals surface area (Å²) in [5.41, 5.74) is 2.35. The lowest BCUT2D eigenvalue weighted by Crippen LogP contribution is -2.51. The minimum atomic E-state index is -0.190. The first-order valence-electron chi connectivity index (χ1n) is 23.9. The predicted octanol–water partition coefficient (Wildman–Crippen LogP) is 5.53. The number of aromatic nitrogens is 7. The number of morpholine rings is 1. The van der Waals surface area contributed by atoms with Gasteiger partial charge in [0.25, 0.3) is 5.88 Å². The Balaban J connectivity index is 0.900. The topological polar surface area (TPSA) is 191 Å². The van der Waals surface area contributed by atoms with E-state index in [0.717, 1.165) is 49.9 Å². The van der Waals surface area contributed by atoms with Crippen molar-refractivity contribution in [1.82, 2.24) is 39.4 Å². The first-order chi connectivity index (χ1) is 33.3. The van der Waals surface area contributed by atoms with Crippen LogP contribution in [0.4, 0.5) is 11.6 Å². The molecule has 1 aromatic carbocycles. The van der Waals surface area contributed by atoms with Gasteiger partial charge in [-0.05, 0) is 64.2 Å². The van der Waals surface area contributed by atoms with Gasteiger partial charge in [-0.1, -0.05) is 17.7 Å². The summed E-state index contributed by atoms with van der Waals surface area (Å²) in [5, 5.41) is 13.0. The van der Waals surface area contributed by atoms with E-state index in [1.54, 1.807) is 30.5 Å². The van der Waals surface area contributed by atoms with E-state index in [2.05, 4.69) is 44.1 Å². The number of halogens is 1. The fourth-order valence-corrected chi connectivity index (χ4v) is 8.16. The minimum absolute atomic E-state index is 0.190. The molecule has 0 spiro atoms. The van der Waals surface area contributed by atoms with Gasteiger partial charge in [-0.3, -0.25) is 9.58 Å². The molecule has 0 unspecified atom stereocenters. The molecule has 68 heavy (non-hydrogen) atoms. The smallest absolute Gasteiger partial charge is 0.257 e. The van der Waals surface area contributed by atoms with E-state index in [0.29, 0.717) is 147 Å². The standard InChI is InChI=1S/C47H72ClN9O11/c1-36-30-55(31-37(2)67-36)41-6-8-42(9-7-41)57-33-44(53-47-50-28-40(29-51-47)39-5-10-43(48)45(27-39)68-38(3)32-56-35-49-34-52-56)46(54-57)66-26-25-65-24-23-64-22-21-63-20-19-62-18-17-61-16-15-60-14-13-59-12-11-58-4/h5,10,27-29,33-38,41-42H,6-9,11-26,30-32H2,1-4H3,(H,50,51,53)/t36-,37+,38-,41-,42-/m0/s1. The number of benzene rings is 1. The summed E-state index contributed by atoms with van der Waals surface area (Å²) < 4.78 is 66.0. The summed E-state index contributed by atoms with van der Waals surface area (Å²) in [6.07, 6.45) is 13.2. The van der Waals surface area contributed by atoms with Crippen molar-refractivity contribution in [2.75, 3.05) is 131 Å². The molecule has 1 aliphatic carbocycles. The maximum absolute atomic E-state index is 6.52. The monoisotopic (exact) mass is 974 g/mol. The van der Waals surface area contributed by atoms with Gasteiger partial charge in [0, 0.05) is 44.2 Å². The van der Waals surface area contributed by atoms with E-state index in [1.165, 1.54) is 6.33 Å². The van der Waals surface area contributed by atoms with Crippen LogP contribution in [-0.4, -0.2) is 190 Å². The van der Waals surface area contributed by atoms with Crippen molar-refractivity contribution >= 4 is 23.2 Å². The van der Waals surface area contributed by atoms with Crippen LogP contribution in [0.15, 0.2) is 49.4 Å². The van der Waals surface area contributed by atoms with Crippen LogP contribution in [0.3, 0.4) is 0 Å². The van der Waals surface area contributed by atoms with Crippen LogP contribution >= 0.6 is 11.6 Å². The molecule has 2 aliphatic rings. The molecule has 4 aromatic rings. The van der Waals surface area contributed by atoms with Crippen LogP contribution < -0.4 is 14.8 Å². The van der Waals surface area contributed by atoms with Crippen molar-refractivity contribution in [2.45, 2.75) is 83.4 Å². The quantitative estimate of drug-likeness (QED) is 0.0575. The summed E-state index contributed by atoms with van der Waals surface area (Å²) in [5.74, 6) is 1.43. The first kappa shape index (κ1) is 53.3. The van der Waals surface area contributed by atoms with Gasteiger partial charge >= 0.3 is 0 Å². The van der Waals surface area contributed by atoms with Crippen LogP contribution in [0.25, 0.3) is 11.1 Å². The summed E-state index contributed by atoms with van der Waals surface area (Å²) >= 11 is 6.52. The first-order valence-corrected chi connectivity index (χ1v) is 24.2. The number of nitrogens with one attached hydrogen (secondary N) is 1. The zero-order chi connectivity index (χ0) is 47.6. The molecular weight excluding hydrogens is 902 g/mol. The van der Waals surface area contributed by atoms with Gasteiger partial charge in [0.05, 0.1) is 135 Å². The van der Waals surface area contributed by atoms with Crippen molar-refractivity contribution < 1.29 is 52.1 Å². The van der Waals surface area contributed by atoms with Gasteiger partial charge in [-0.25, -0.2) is 19.6 Å². The van der Waals surface area contributed by atoms with Crippen molar-refractivity contribution in [2.24, 2.45) is 0 Å². The Labute approximate surface area is 405 Å². The lowest BCUT2D eigenvalue weighted by Gasteiger charge is -2.42. The molecule has 0 bridgehead atoms. The summed E-state index contributed by atoms with van der Waals surface area (Å²) in [6.45, 7) is 16.5. The molecule has 1 saturated carbocycles. The number of ether oxygens (including phenoxy) is 11. The molecule has 4 heterocycles. The van der Waals surface area contributed by atoms with Crippen LogP contribution in [-0.2, 0) is 49.2 Å². The lowest BCUT2D eigenvalue weighted by atomic mass is 9.89. The highest BCUT2D eigenvalue weighted by Crippen LogP contribution is 2.36. The minimum Gasteiger partial charge on any atom is -0.487 e. The Morgan fingerprint density at radius 3 is 1.81 bits per heavy atom. The molecule has 3 atom stereocenters. The van der Waals surface area contributed by atoms with Gasteiger partial charge in [0.1, 0.15) is 36.8 Å². The number of hydrogen-bond acceptors (Lipinski definition) is 18. The zero-order valence-electron chi connectivity index (χ0n) is 40.2. The van der Waals surface area contributed by atoms with Gasteiger partial charge in [-0.2, -0.15) is 5.10 Å². The zero-order valence-corrected chi connectivity index (χ0v) is 41.0. The second-order valence-corrected chi connectivity index (χ2v) is 17.1.